The first kappa shape index (κ1) is 19.8. The number of benzene rings is 2. The summed E-state index contributed by atoms with van der Waals surface area (Å²) in [6.45, 7) is 0.978. The number of amides is 1. The van der Waals surface area contributed by atoms with Gasteiger partial charge >= 0.3 is 6.18 Å². The Balaban J connectivity index is 1.62. The van der Waals surface area contributed by atoms with Crippen LogP contribution in [0.5, 0.6) is 0 Å². The summed E-state index contributed by atoms with van der Waals surface area (Å²) >= 11 is 6.14. The molecule has 29 heavy (non-hydrogen) atoms. The van der Waals surface area contributed by atoms with Gasteiger partial charge in [-0.25, -0.2) is 4.98 Å². The lowest BCUT2D eigenvalue weighted by molar-refractivity contribution is -0.137. The standard InChI is InChI=1S/C21H19ClF3N3O/c1-27(20(29)14-3-2-4-15(9-14)21(23,24)25)12-19-26-17-8-7-16(22)10-18(17)28(19)11-13-5-6-13/h2-4,7-10,13H,5-6,11-12H2,1H3. The molecule has 0 radical (unpaired) electrons. The van der Waals surface area contributed by atoms with Gasteiger partial charge in [0.1, 0.15) is 5.82 Å². The molecule has 1 aliphatic carbocycles. The second kappa shape index (κ2) is 7.37. The summed E-state index contributed by atoms with van der Waals surface area (Å²) < 4.78 is 40.9. The van der Waals surface area contributed by atoms with Crippen molar-refractivity contribution >= 4 is 28.5 Å². The molecule has 0 saturated heterocycles. The third-order valence-electron chi connectivity index (χ3n) is 5.09. The predicted octanol–water partition coefficient (Wildman–Crippen LogP) is 5.39. The molecule has 4 nitrogen and oxygen atoms in total. The number of alkyl halides is 3. The van der Waals surface area contributed by atoms with E-state index < -0.39 is 17.6 Å². The van der Waals surface area contributed by atoms with Crippen LogP contribution in [0, 0.1) is 5.92 Å². The molecule has 0 aliphatic heterocycles. The number of halogens is 4. The van der Waals surface area contributed by atoms with E-state index in [4.69, 9.17) is 11.6 Å². The third kappa shape index (κ3) is 4.24. The largest absolute Gasteiger partial charge is 0.416 e. The number of carbonyl (C=O) groups excluding carboxylic acids is 1. The van der Waals surface area contributed by atoms with Crippen LogP contribution in [-0.4, -0.2) is 27.4 Å². The van der Waals surface area contributed by atoms with Gasteiger partial charge in [-0.1, -0.05) is 17.7 Å². The zero-order valence-corrected chi connectivity index (χ0v) is 16.5. The van der Waals surface area contributed by atoms with Crippen molar-refractivity contribution in [3.05, 3.63) is 64.4 Å². The quantitative estimate of drug-likeness (QED) is 0.554. The molecule has 1 aromatic heterocycles. The summed E-state index contributed by atoms with van der Waals surface area (Å²) in [6.07, 6.45) is -2.19. The highest BCUT2D eigenvalue weighted by molar-refractivity contribution is 6.31. The fourth-order valence-electron chi connectivity index (χ4n) is 3.36. The maximum Gasteiger partial charge on any atom is 0.416 e. The summed E-state index contributed by atoms with van der Waals surface area (Å²) in [4.78, 5) is 18.8. The van der Waals surface area contributed by atoms with Crippen molar-refractivity contribution in [2.24, 2.45) is 5.92 Å². The van der Waals surface area contributed by atoms with Crippen LogP contribution in [0.15, 0.2) is 42.5 Å². The first-order chi connectivity index (χ1) is 13.7. The molecule has 1 fully saturated rings. The van der Waals surface area contributed by atoms with E-state index in [1.54, 1.807) is 13.1 Å². The Morgan fingerprint density at radius 3 is 2.69 bits per heavy atom. The van der Waals surface area contributed by atoms with E-state index in [-0.39, 0.29) is 12.1 Å². The van der Waals surface area contributed by atoms with Gasteiger partial charge < -0.3 is 9.47 Å². The van der Waals surface area contributed by atoms with Gasteiger partial charge in [0.25, 0.3) is 5.91 Å². The Hall–Kier alpha value is -2.54. The van der Waals surface area contributed by atoms with E-state index in [1.807, 2.05) is 12.1 Å². The summed E-state index contributed by atoms with van der Waals surface area (Å²) in [5, 5.41) is 0.606. The predicted molar refractivity (Wildman–Crippen MR) is 105 cm³/mol. The number of imidazole rings is 1. The monoisotopic (exact) mass is 421 g/mol. The normalized spacial score (nSPS) is 14.4. The van der Waals surface area contributed by atoms with Gasteiger partial charge in [-0.05, 0) is 55.2 Å². The number of carbonyl (C=O) groups is 1. The summed E-state index contributed by atoms with van der Waals surface area (Å²) in [7, 11) is 1.57. The first-order valence-corrected chi connectivity index (χ1v) is 9.67. The van der Waals surface area contributed by atoms with E-state index in [2.05, 4.69) is 9.55 Å². The first-order valence-electron chi connectivity index (χ1n) is 9.30. The van der Waals surface area contributed by atoms with Gasteiger partial charge in [0.15, 0.2) is 0 Å². The van der Waals surface area contributed by atoms with Crippen molar-refractivity contribution in [3.63, 3.8) is 0 Å². The van der Waals surface area contributed by atoms with Gasteiger partial charge in [-0.2, -0.15) is 13.2 Å². The molecule has 1 amide bonds. The Morgan fingerprint density at radius 1 is 1.24 bits per heavy atom. The van der Waals surface area contributed by atoms with Crippen molar-refractivity contribution in [1.82, 2.24) is 14.5 Å². The highest BCUT2D eigenvalue weighted by Gasteiger charge is 2.31. The van der Waals surface area contributed by atoms with Crippen LogP contribution < -0.4 is 0 Å². The molecule has 0 unspecified atom stereocenters. The molecule has 0 spiro atoms. The molecule has 4 rings (SSSR count). The summed E-state index contributed by atoms with van der Waals surface area (Å²) in [5.41, 5.74) is 0.840. The average molecular weight is 422 g/mol. The Bertz CT molecular complexity index is 1070. The van der Waals surface area contributed by atoms with E-state index in [1.165, 1.54) is 17.0 Å². The molecule has 1 saturated carbocycles. The minimum Gasteiger partial charge on any atom is -0.334 e. The Kier molecular flexibility index (Phi) is 5.02. The zero-order valence-electron chi connectivity index (χ0n) is 15.7. The van der Waals surface area contributed by atoms with Gasteiger partial charge in [0, 0.05) is 24.2 Å². The zero-order chi connectivity index (χ0) is 20.8. The van der Waals surface area contributed by atoms with Crippen LogP contribution >= 0.6 is 11.6 Å². The molecule has 1 heterocycles. The van der Waals surface area contributed by atoms with Gasteiger partial charge in [0.05, 0.1) is 23.1 Å². The maximum atomic E-state index is 13.0. The number of nitrogens with zero attached hydrogens (tertiary/aromatic N) is 3. The molecule has 1 aliphatic rings. The van der Waals surface area contributed by atoms with Gasteiger partial charge in [0.2, 0.25) is 0 Å². The van der Waals surface area contributed by atoms with Crippen LogP contribution in [0.1, 0.15) is 34.6 Å². The SMILES string of the molecule is CN(Cc1nc2ccc(Cl)cc2n1CC1CC1)C(=O)c1cccc(C(F)(F)F)c1. The number of fused-ring (bicyclic) bond motifs is 1. The fraction of sp³-hybridized carbons (Fsp3) is 0.333. The van der Waals surface area contributed by atoms with E-state index >= 15 is 0 Å². The minimum atomic E-state index is -4.49. The molecule has 3 aromatic rings. The van der Waals surface area contributed by atoms with Gasteiger partial charge in [-0.3, -0.25) is 4.79 Å². The Morgan fingerprint density at radius 2 is 2.00 bits per heavy atom. The van der Waals surface area contributed by atoms with Crippen molar-refractivity contribution in [3.8, 4) is 0 Å². The van der Waals surface area contributed by atoms with E-state index in [0.29, 0.717) is 16.8 Å². The van der Waals surface area contributed by atoms with Crippen LogP contribution in [0.3, 0.4) is 0 Å². The lowest BCUT2D eigenvalue weighted by Gasteiger charge is -2.19. The van der Waals surface area contributed by atoms with E-state index in [0.717, 1.165) is 42.6 Å². The smallest absolute Gasteiger partial charge is 0.334 e. The number of hydrogen-bond acceptors (Lipinski definition) is 2. The van der Waals surface area contributed by atoms with Crippen molar-refractivity contribution in [1.29, 1.82) is 0 Å². The molecular formula is C21H19ClF3N3O. The third-order valence-corrected chi connectivity index (χ3v) is 5.32. The Labute approximate surface area is 170 Å². The van der Waals surface area contributed by atoms with Crippen LogP contribution in [0.25, 0.3) is 11.0 Å². The van der Waals surface area contributed by atoms with Crippen molar-refractivity contribution in [2.45, 2.75) is 32.1 Å². The van der Waals surface area contributed by atoms with Crippen molar-refractivity contribution in [2.75, 3.05) is 7.05 Å². The number of rotatable bonds is 5. The summed E-state index contributed by atoms with van der Waals surface area (Å²) in [6, 6.07) is 9.92. The van der Waals surface area contributed by atoms with Crippen LogP contribution in [-0.2, 0) is 19.3 Å². The molecule has 2 aromatic carbocycles. The molecular weight excluding hydrogens is 403 g/mol. The highest BCUT2D eigenvalue weighted by Crippen LogP contribution is 2.33. The van der Waals surface area contributed by atoms with Crippen LogP contribution in [0.2, 0.25) is 5.02 Å². The molecule has 0 bridgehead atoms. The van der Waals surface area contributed by atoms with Crippen LogP contribution in [0.4, 0.5) is 13.2 Å². The molecule has 0 atom stereocenters. The maximum absolute atomic E-state index is 13.0. The van der Waals surface area contributed by atoms with Gasteiger partial charge in [-0.15, -0.1) is 0 Å². The second-order valence-corrected chi connectivity index (χ2v) is 7.89. The lowest BCUT2D eigenvalue weighted by Crippen LogP contribution is -2.28. The average Bonchev–Trinajstić information content (AvgIpc) is 3.44. The topological polar surface area (TPSA) is 38.1 Å². The fourth-order valence-corrected chi connectivity index (χ4v) is 3.53. The highest BCUT2D eigenvalue weighted by atomic mass is 35.5. The number of aromatic nitrogens is 2. The van der Waals surface area contributed by atoms with E-state index in [9.17, 15) is 18.0 Å². The lowest BCUT2D eigenvalue weighted by atomic mass is 10.1. The molecule has 152 valence electrons. The minimum absolute atomic E-state index is 0.00442. The summed E-state index contributed by atoms with van der Waals surface area (Å²) in [5.74, 6) is 0.783. The number of hydrogen-bond donors (Lipinski definition) is 0. The van der Waals surface area contributed by atoms with Crippen molar-refractivity contribution < 1.29 is 18.0 Å². The molecule has 0 N–H and O–H groups in total. The molecule has 8 heteroatoms. The second-order valence-electron chi connectivity index (χ2n) is 7.45.